The van der Waals surface area contributed by atoms with Gasteiger partial charge in [-0.25, -0.2) is 5.01 Å². The number of amides is 2. The van der Waals surface area contributed by atoms with E-state index in [4.69, 9.17) is 0 Å². The molecule has 1 aromatic rings. The van der Waals surface area contributed by atoms with Crippen LogP contribution in [-0.2, 0) is 10.2 Å². The Morgan fingerprint density at radius 2 is 2.13 bits per heavy atom. The molecule has 1 N–H and O–H groups in total. The zero-order chi connectivity index (χ0) is 16.0. The number of thioether (sulfide) groups is 1. The number of carbonyl (C=O) groups is 2. The average Bonchev–Trinajstić information content (AvgIpc) is 2.82. The number of nitrogens with zero attached hydrogens (tertiary/aromatic N) is 2. The fourth-order valence-electron chi connectivity index (χ4n) is 4.07. The number of benzene rings is 1. The highest BCUT2D eigenvalue weighted by atomic mass is 32.2. The Balaban J connectivity index is 1.81. The standard InChI is InChI=1S/C17H19N3O2S/c1-11-10-18-20(16(22)23-11)14-8-4-5-9-17(14)12-6-2-3-7-13(12)19-15(17)21/h2-3,6-7,10-11,14H,4-5,8-9H2,1H3,(H,19,21). The Hall–Kier alpha value is -1.82. The second-order valence-electron chi connectivity index (χ2n) is 6.43. The van der Waals surface area contributed by atoms with Gasteiger partial charge in [0.05, 0.1) is 11.5 Å². The van der Waals surface area contributed by atoms with Crippen LogP contribution in [0.2, 0.25) is 0 Å². The van der Waals surface area contributed by atoms with Crippen molar-refractivity contribution in [1.82, 2.24) is 5.01 Å². The number of hydrogen-bond acceptors (Lipinski definition) is 4. The van der Waals surface area contributed by atoms with Gasteiger partial charge in [-0.2, -0.15) is 5.10 Å². The van der Waals surface area contributed by atoms with Gasteiger partial charge in [0, 0.05) is 17.2 Å². The molecular formula is C17H19N3O2S. The molecule has 1 saturated carbocycles. The summed E-state index contributed by atoms with van der Waals surface area (Å²) in [6.07, 6.45) is 5.38. The molecule has 0 radical (unpaired) electrons. The van der Waals surface area contributed by atoms with E-state index in [2.05, 4.69) is 10.4 Å². The van der Waals surface area contributed by atoms with E-state index in [0.717, 1.165) is 36.9 Å². The van der Waals surface area contributed by atoms with Crippen LogP contribution in [0.4, 0.5) is 10.5 Å². The van der Waals surface area contributed by atoms with Gasteiger partial charge in [-0.3, -0.25) is 9.59 Å². The van der Waals surface area contributed by atoms with E-state index in [9.17, 15) is 9.59 Å². The van der Waals surface area contributed by atoms with Crippen molar-refractivity contribution in [2.24, 2.45) is 5.10 Å². The second kappa shape index (κ2) is 5.37. The molecule has 1 spiro atoms. The van der Waals surface area contributed by atoms with Crippen molar-refractivity contribution in [1.29, 1.82) is 0 Å². The number of fused-ring (bicyclic) bond motifs is 2. The fraction of sp³-hybridized carbons (Fsp3) is 0.471. The van der Waals surface area contributed by atoms with Crippen molar-refractivity contribution in [3.63, 3.8) is 0 Å². The zero-order valence-corrected chi connectivity index (χ0v) is 13.8. The molecule has 2 aliphatic heterocycles. The van der Waals surface area contributed by atoms with Gasteiger partial charge in [0.1, 0.15) is 0 Å². The van der Waals surface area contributed by atoms with Crippen molar-refractivity contribution >= 4 is 34.8 Å². The van der Waals surface area contributed by atoms with Crippen LogP contribution < -0.4 is 5.32 Å². The molecule has 6 heteroatoms. The first-order valence-corrected chi connectivity index (χ1v) is 8.96. The summed E-state index contributed by atoms with van der Waals surface area (Å²) in [4.78, 5) is 25.4. The third kappa shape index (κ3) is 2.11. The molecule has 0 aromatic heterocycles. The normalized spacial score (nSPS) is 33.0. The molecule has 3 unspecified atom stereocenters. The summed E-state index contributed by atoms with van der Waals surface area (Å²) in [7, 11) is 0. The van der Waals surface area contributed by atoms with E-state index in [1.807, 2.05) is 31.2 Å². The SMILES string of the molecule is CC1C=NN(C2CCCCC23C(=O)Nc2ccccc23)C(=O)S1. The van der Waals surface area contributed by atoms with E-state index >= 15 is 0 Å². The topological polar surface area (TPSA) is 61.8 Å². The molecule has 0 bridgehead atoms. The van der Waals surface area contributed by atoms with E-state index in [0.29, 0.717) is 0 Å². The summed E-state index contributed by atoms with van der Waals surface area (Å²) in [5, 5.41) is 9.01. The summed E-state index contributed by atoms with van der Waals surface area (Å²) in [5.74, 6) is 0.00928. The third-order valence-electron chi connectivity index (χ3n) is 5.10. The maximum absolute atomic E-state index is 12.9. The van der Waals surface area contributed by atoms with Crippen LogP contribution in [0.15, 0.2) is 29.4 Å². The number of para-hydroxylation sites is 1. The number of nitrogens with one attached hydrogen (secondary N) is 1. The monoisotopic (exact) mass is 329 g/mol. The van der Waals surface area contributed by atoms with E-state index in [-0.39, 0.29) is 22.4 Å². The predicted molar refractivity (Wildman–Crippen MR) is 91.8 cm³/mol. The minimum atomic E-state index is -0.664. The van der Waals surface area contributed by atoms with Crippen LogP contribution >= 0.6 is 11.8 Å². The highest BCUT2D eigenvalue weighted by molar-refractivity contribution is 8.14. The van der Waals surface area contributed by atoms with Crippen LogP contribution in [0.1, 0.15) is 38.2 Å². The molecule has 4 rings (SSSR count). The summed E-state index contributed by atoms with van der Waals surface area (Å²) in [6.45, 7) is 1.96. The largest absolute Gasteiger partial charge is 0.325 e. The summed E-state index contributed by atoms with van der Waals surface area (Å²) >= 11 is 1.27. The molecule has 120 valence electrons. The Morgan fingerprint density at radius 1 is 1.30 bits per heavy atom. The van der Waals surface area contributed by atoms with E-state index in [1.54, 1.807) is 11.2 Å². The Kier molecular flexibility index (Phi) is 3.44. The van der Waals surface area contributed by atoms with Crippen LogP contribution in [-0.4, -0.2) is 33.7 Å². The van der Waals surface area contributed by atoms with Gasteiger partial charge in [-0.15, -0.1) is 0 Å². The van der Waals surface area contributed by atoms with Gasteiger partial charge >= 0.3 is 5.24 Å². The third-order valence-corrected chi connectivity index (χ3v) is 5.98. The molecule has 5 nitrogen and oxygen atoms in total. The molecular weight excluding hydrogens is 310 g/mol. The van der Waals surface area contributed by atoms with Gasteiger partial charge in [0.2, 0.25) is 5.91 Å². The lowest BCUT2D eigenvalue weighted by molar-refractivity contribution is -0.124. The molecule has 2 heterocycles. The zero-order valence-electron chi connectivity index (χ0n) is 13.0. The smallest absolute Gasteiger partial charge is 0.302 e. The van der Waals surface area contributed by atoms with Crippen LogP contribution in [0.3, 0.4) is 0 Å². The lowest BCUT2D eigenvalue weighted by Gasteiger charge is -2.44. The van der Waals surface area contributed by atoms with Crippen molar-refractivity contribution in [2.75, 3.05) is 5.32 Å². The maximum atomic E-state index is 12.9. The molecule has 3 atom stereocenters. The second-order valence-corrected chi connectivity index (χ2v) is 7.76. The number of hydrogen-bond donors (Lipinski definition) is 1. The fourth-order valence-corrected chi connectivity index (χ4v) is 4.78. The Bertz CT molecular complexity index is 705. The first-order valence-electron chi connectivity index (χ1n) is 8.08. The van der Waals surface area contributed by atoms with Crippen molar-refractivity contribution < 1.29 is 9.59 Å². The molecule has 23 heavy (non-hydrogen) atoms. The Morgan fingerprint density at radius 3 is 2.96 bits per heavy atom. The molecule has 2 amide bonds. The lowest BCUT2D eigenvalue weighted by atomic mass is 9.66. The van der Waals surface area contributed by atoms with Gasteiger partial charge in [0.15, 0.2) is 0 Å². The summed E-state index contributed by atoms with van der Waals surface area (Å²) < 4.78 is 0. The minimum absolute atomic E-state index is 0.00928. The average molecular weight is 329 g/mol. The van der Waals surface area contributed by atoms with Crippen LogP contribution in [0, 0.1) is 0 Å². The highest BCUT2D eigenvalue weighted by Gasteiger charge is 2.56. The van der Waals surface area contributed by atoms with Crippen molar-refractivity contribution in [3.05, 3.63) is 29.8 Å². The number of hydrazone groups is 1. The molecule has 1 fully saturated rings. The molecule has 1 aliphatic carbocycles. The number of anilines is 1. The van der Waals surface area contributed by atoms with Gasteiger partial charge < -0.3 is 5.32 Å². The quantitative estimate of drug-likeness (QED) is 0.859. The first kappa shape index (κ1) is 14.8. The number of carbonyl (C=O) groups excluding carboxylic acids is 2. The lowest BCUT2D eigenvalue weighted by Crippen LogP contribution is -2.56. The predicted octanol–water partition coefficient (Wildman–Crippen LogP) is 3.36. The van der Waals surface area contributed by atoms with E-state index in [1.165, 1.54) is 11.8 Å². The van der Waals surface area contributed by atoms with Gasteiger partial charge in [-0.1, -0.05) is 42.8 Å². The summed E-state index contributed by atoms with van der Waals surface area (Å²) in [6, 6.07) is 7.64. The van der Waals surface area contributed by atoms with Gasteiger partial charge in [-0.05, 0) is 31.4 Å². The molecule has 1 aromatic carbocycles. The van der Waals surface area contributed by atoms with Crippen LogP contribution in [0.25, 0.3) is 0 Å². The highest BCUT2D eigenvalue weighted by Crippen LogP contribution is 2.50. The van der Waals surface area contributed by atoms with Gasteiger partial charge in [0.25, 0.3) is 0 Å². The maximum Gasteiger partial charge on any atom is 0.302 e. The van der Waals surface area contributed by atoms with E-state index < -0.39 is 5.41 Å². The molecule has 3 aliphatic rings. The molecule has 0 saturated heterocycles. The Labute approximate surface area is 139 Å². The van der Waals surface area contributed by atoms with Crippen molar-refractivity contribution in [2.45, 2.75) is 49.3 Å². The minimum Gasteiger partial charge on any atom is -0.325 e. The summed E-state index contributed by atoms with van der Waals surface area (Å²) in [5.41, 5.74) is 1.23. The van der Waals surface area contributed by atoms with Crippen LogP contribution in [0.5, 0.6) is 0 Å². The van der Waals surface area contributed by atoms with Crippen molar-refractivity contribution in [3.8, 4) is 0 Å². The first-order chi connectivity index (χ1) is 11.1. The number of rotatable bonds is 1.